The van der Waals surface area contributed by atoms with Gasteiger partial charge in [-0.1, -0.05) is 25.1 Å². The molecule has 0 aliphatic rings. The van der Waals surface area contributed by atoms with Crippen molar-refractivity contribution in [1.82, 2.24) is 0 Å². The fourth-order valence-corrected chi connectivity index (χ4v) is 2.12. The third-order valence-corrected chi connectivity index (χ3v) is 3.77. The molecule has 4 heteroatoms. The number of carbonyl (C=O) groups excluding carboxylic acids is 1. The van der Waals surface area contributed by atoms with E-state index < -0.39 is 0 Å². The van der Waals surface area contributed by atoms with Crippen LogP contribution in [-0.4, -0.2) is 23.5 Å². The van der Waals surface area contributed by atoms with E-state index in [0.717, 1.165) is 16.8 Å². The maximum absolute atomic E-state index is 11.8. The third-order valence-electron chi connectivity index (χ3n) is 2.58. The highest BCUT2D eigenvalue weighted by molar-refractivity contribution is 8.00. The summed E-state index contributed by atoms with van der Waals surface area (Å²) in [5.74, 6) is 0.485. The van der Waals surface area contributed by atoms with Crippen LogP contribution in [0.2, 0.25) is 0 Å². The lowest BCUT2D eigenvalue weighted by Gasteiger charge is -2.12. The van der Waals surface area contributed by atoms with E-state index in [1.54, 1.807) is 11.8 Å². The molecular formula is C13H20N2OS. The lowest BCUT2D eigenvalue weighted by Crippen LogP contribution is -2.20. The minimum Gasteiger partial charge on any atom is -0.329 e. The van der Waals surface area contributed by atoms with E-state index in [-0.39, 0.29) is 5.91 Å². The first-order chi connectivity index (χ1) is 8.04. The smallest absolute Gasteiger partial charge is 0.234 e. The molecule has 1 aromatic rings. The molecule has 1 aromatic carbocycles. The van der Waals surface area contributed by atoms with Crippen molar-refractivity contribution in [2.45, 2.75) is 26.0 Å². The van der Waals surface area contributed by atoms with Gasteiger partial charge in [0.05, 0.1) is 5.75 Å². The number of anilines is 1. The summed E-state index contributed by atoms with van der Waals surface area (Å²) in [6.07, 6.45) is 0. The van der Waals surface area contributed by atoms with Gasteiger partial charge in [0.25, 0.3) is 0 Å². The Morgan fingerprint density at radius 2 is 2.00 bits per heavy atom. The van der Waals surface area contributed by atoms with E-state index >= 15 is 0 Å². The van der Waals surface area contributed by atoms with E-state index in [1.807, 2.05) is 39.0 Å². The van der Waals surface area contributed by atoms with Gasteiger partial charge in [-0.2, -0.15) is 0 Å². The number of nitrogens with one attached hydrogen (secondary N) is 1. The number of hydrogen-bond donors (Lipinski definition) is 2. The molecule has 1 amide bonds. The highest BCUT2D eigenvalue weighted by atomic mass is 32.2. The number of benzene rings is 1. The number of rotatable bonds is 5. The van der Waals surface area contributed by atoms with Gasteiger partial charge in [-0.15, -0.1) is 11.8 Å². The third kappa shape index (κ3) is 4.40. The molecule has 3 nitrogen and oxygen atoms in total. The molecule has 17 heavy (non-hydrogen) atoms. The predicted molar refractivity (Wildman–Crippen MR) is 75.5 cm³/mol. The normalized spacial score (nSPS) is 12.2. The number of carbonyl (C=O) groups is 1. The van der Waals surface area contributed by atoms with E-state index in [0.29, 0.717) is 17.5 Å². The van der Waals surface area contributed by atoms with Crippen molar-refractivity contribution in [1.29, 1.82) is 0 Å². The summed E-state index contributed by atoms with van der Waals surface area (Å²) < 4.78 is 0. The second kappa shape index (κ2) is 6.67. The fraction of sp³-hybridized carbons (Fsp3) is 0.462. The van der Waals surface area contributed by atoms with Gasteiger partial charge in [-0.05, 0) is 25.0 Å². The Kier molecular flexibility index (Phi) is 5.51. The van der Waals surface area contributed by atoms with Crippen LogP contribution >= 0.6 is 11.8 Å². The number of thioether (sulfide) groups is 1. The monoisotopic (exact) mass is 252 g/mol. The van der Waals surface area contributed by atoms with Gasteiger partial charge in [0.15, 0.2) is 0 Å². The lowest BCUT2D eigenvalue weighted by molar-refractivity contribution is -0.113. The van der Waals surface area contributed by atoms with Gasteiger partial charge in [-0.25, -0.2) is 0 Å². The molecular weight excluding hydrogens is 232 g/mol. The van der Waals surface area contributed by atoms with Crippen molar-refractivity contribution in [3.8, 4) is 0 Å². The van der Waals surface area contributed by atoms with Gasteiger partial charge in [0.2, 0.25) is 5.91 Å². The van der Waals surface area contributed by atoms with E-state index in [4.69, 9.17) is 5.73 Å². The zero-order valence-corrected chi connectivity index (χ0v) is 11.4. The minimum atomic E-state index is 0.0349. The summed E-state index contributed by atoms with van der Waals surface area (Å²) >= 11 is 1.58. The molecule has 0 saturated carbocycles. The number of nitrogens with two attached hydrogens (primary N) is 1. The quantitative estimate of drug-likeness (QED) is 0.845. The van der Waals surface area contributed by atoms with Crippen LogP contribution in [-0.2, 0) is 4.79 Å². The molecule has 94 valence electrons. The van der Waals surface area contributed by atoms with Crippen molar-refractivity contribution in [2.24, 2.45) is 5.73 Å². The van der Waals surface area contributed by atoms with E-state index in [1.165, 1.54) is 0 Å². The molecule has 0 bridgehead atoms. The largest absolute Gasteiger partial charge is 0.329 e. The van der Waals surface area contributed by atoms with Gasteiger partial charge in [0.1, 0.15) is 0 Å². The van der Waals surface area contributed by atoms with Gasteiger partial charge >= 0.3 is 0 Å². The van der Waals surface area contributed by atoms with Crippen LogP contribution in [0.4, 0.5) is 5.69 Å². The van der Waals surface area contributed by atoms with Crippen LogP contribution in [0.15, 0.2) is 18.2 Å². The molecule has 3 N–H and O–H groups in total. The average Bonchev–Trinajstić information content (AvgIpc) is 2.31. The molecule has 1 atom stereocenters. The average molecular weight is 252 g/mol. The number of aryl methyl sites for hydroxylation is 2. The highest BCUT2D eigenvalue weighted by Gasteiger charge is 2.08. The van der Waals surface area contributed by atoms with Crippen LogP contribution in [0.1, 0.15) is 18.1 Å². The first kappa shape index (κ1) is 14.1. The zero-order valence-electron chi connectivity index (χ0n) is 10.6. The van der Waals surface area contributed by atoms with Gasteiger partial charge in [0, 0.05) is 17.5 Å². The van der Waals surface area contributed by atoms with Gasteiger partial charge < -0.3 is 11.1 Å². The van der Waals surface area contributed by atoms with E-state index in [2.05, 4.69) is 5.32 Å². The minimum absolute atomic E-state index is 0.0349. The summed E-state index contributed by atoms with van der Waals surface area (Å²) in [6.45, 7) is 6.62. The van der Waals surface area contributed by atoms with E-state index in [9.17, 15) is 4.79 Å². The Bertz CT molecular complexity index is 373. The zero-order chi connectivity index (χ0) is 12.8. The van der Waals surface area contributed by atoms with Crippen LogP contribution in [0, 0.1) is 13.8 Å². The highest BCUT2D eigenvalue weighted by Crippen LogP contribution is 2.20. The van der Waals surface area contributed by atoms with Crippen molar-refractivity contribution >= 4 is 23.4 Å². The lowest BCUT2D eigenvalue weighted by atomic mass is 10.1. The first-order valence-corrected chi connectivity index (χ1v) is 6.77. The maximum atomic E-state index is 11.8. The fourth-order valence-electron chi connectivity index (χ4n) is 1.47. The number of hydrogen-bond acceptors (Lipinski definition) is 3. The Morgan fingerprint density at radius 1 is 1.41 bits per heavy atom. The molecule has 0 saturated heterocycles. The standard InChI is InChI=1S/C13H20N2OS/c1-9-5-4-6-10(2)13(9)15-12(16)8-17-11(3)7-14/h4-6,11H,7-8,14H2,1-3H3,(H,15,16). The second-order valence-corrected chi connectivity index (χ2v) is 5.60. The van der Waals surface area contributed by atoms with Crippen LogP contribution in [0.5, 0.6) is 0 Å². The van der Waals surface area contributed by atoms with Crippen LogP contribution < -0.4 is 11.1 Å². The van der Waals surface area contributed by atoms with Crippen LogP contribution in [0.25, 0.3) is 0 Å². The van der Waals surface area contributed by atoms with Crippen molar-refractivity contribution < 1.29 is 4.79 Å². The maximum Gasteiger partial charge on any atom is 0.234 e. The summed E-state index contributed by atoms with van der Waals surface area (Å²) in [4.78, 5) is 11.8. The Hall–Kier alpha value is -1.000. The molecule has 0 aliphatic heterocycles. The summed E-state index contributed by atoms with van der Waals surface area (Å²) in [7, 11) is 0. The number of amides is 1. The second-order valence-electron chi connectivity index (χ2n) is 4.17. The molecule has 0 fully saturated rings. The molecule has 1 rings (SSSR count). The first-order valence-electron chi connectivity index (χ1n) is 5.72. The SMILES string of the molecule is Cc1cccc(C)c1NC(=O)CSC(C)CN. The summed E-state index contributed by atoms with van der Waals surface area (Å²) in [5.41, 5.74) is 8.62. The molecule has 0 aromatic heterocycles. The van der Waals surface area contributed by atoms with Crippen molar-refractivity contribution in [3.63, 3.8) is 0 Å². The van der Waals surface area contributed by atoms with Crippen LogP contribution in [0.3, 0.4) is 0 Å². The summed E-state index contributed by atoms with van der Waals surface area (Å²) in [5, 5.41) is 3.28. The molecule has 0 radical (unpaired) electrons. The van der Waals surface area contributed by atoms with Gasteiger partial charge in [-0.3, -0.25) is 4.79 Å². The Labute approximate surface area is 107 Å². The topological polar surface area (TPSA) is 55.1 Å². The van der Waals surface area contributed by atoms with Crippen molar-refractivity contribution in [2.75, 3.05) is 17.6 Å². The number of para-hydroxylation sites is 1. The Morgan fingerprint density at radius 3 is 2.53 bits per heavy atom. The predicted octanol–water partition coefficient (Wildman–Crippen LogP) is 2.32. The molecule has 0 heterocycles. The molecule has 0 spiro atoms. The Balaban J connectivity index is 2.56. The van der Waals surface area contributed by atoms with Crippen molar-refractivity contribution in [3.05, 3.63) is 29.3 Å². The molecule has 1 unspecified atom stereocenters. The summed E-state index contributed by atoms with van der Waals surface area (Å²) in [6, 6.07) is 5.99. The molecule has 0 aliphatic carbocycles.